The van der Waals surface area contributed by atoms with Crippen molar-refractivity contribution in [3.63, 3.8) is 0 Å². The Morgan fingerprint density at radius 2 is 2.09 bits per heavy atom. The standard InChI is InChI=1S/C17H21FN2OS/c1-11(2)8-9-19-16(21)10-15-12(3)20-17(22-15)13-6-4-5-7-14(13)18/h4-7,11H,8-10H2,1-3H3,(H,19,21). The number of nitrogens with one attached hydrogen (secondary N) is 1. The third-order valence-electron chi connectivity index (χ3n) is 3.36. The molecule has 0 bridgehead atoms. The number of benzene rings is 1. The second kappa shape index (κ2) is 7.49. The van der Waals surface area contributed by atoms with Crippen molar-refractivity contribution >= 4 is 17.2 Å². The summed E-state index contributed by atoms with van der Waals surface area (Å²) in [6.07, 6.45) is 1.27. The van der Waals surface area contributed by atoms with Crippen LogP contribution >= 0.6 is 11.3 Å². The average molecular weight is 320 g/mol. The van der Waals surface area contributed by atoms with Crippen molar-refractivity contribution in [2.75, 3.05) is 6.54 Å². The Balaban J connectivity index is 2.04. The van der Waals surface area contributed by atoms with Gasteiger partial charge >= 0.3 is 0 Å². The molecule has 1 heterocycles. The molecule has 0 radical (unpaired) electrons. The Morgan fingerprint density at radius 3 is 2.77 bits per heavy atom. The van der Waals surface area contributed by atoms with Crippen LogP contribution in [0.15, 0.2) is 24.3 Å². The molecule has 0 aliphatic carbocycles. The number of hydrogen-bond donors (Lipinski definition) is 1. The van der Waals surface area contributed by atoms with Crippen molar-refractivity contribution in [1.82, 2.24) is 10.3 Å². The predicted molar refractivity (Wildman–Crippen MR) is 88.4 cm³/mol. The van der Waals surface area contributed by atoms with Crippen LogP contribution in [0.25, 0.3) is 10.6 Å². The van der Waals surface area contributed by atoms with E-state index in [2.05, 4.69) is 24.1 Å². The third kappa shape index (κ3) is 4.37. The van der Waals surface area contributed by atoms with Gasteiger partial charge in [-0.2, -0.15) is 0 Å². The van der Waals surface area contributed by atoms with Crippen LogP contribution in [-0.4, -0.2) is 17.4 Å². The molecule has 0 fully saturated rings. The fraction of sp³-hybridized carbons (Fsp3) is 0.412. The number of hydrogen-bond acceptors (Lipinski definition) is 3. The van der Waals surface area contributed by atoms with Crippen molar-refractivity contribution < 1.29 is 9.18 Å². The van der Waals surface area contributed by atoms with Crippen LogP contribution in [-0.2, 0) is 11.2 Å². The van der Waals surface area contributed by atoms with Gasteiger partial charge in [-0.1, -0.05) is 26.0 Å². The zero-order valence-electron chi connectivity index (χ0n) is 13.1. The van der Waals surface area contributed by atoms with Gasteiger partial charge < -0.3 is 5.32 Å². The summed E-state index contributed by atoms with van der Waals surface area (Å²) in [6.45, 7) is 6.80. The highest BCUT2D eigenvalue weighted by Crippen LogP contribution is 2.29. The van der Waals surface area contributed by atoms with Crippen LogP contribution in [0.2, 0.25) is 0 Å². The van der Waals surface area contributed by atoms with E-state index in [-0.39, 0.29) is 11.7 Å². The molecule has 0 atom stereocenters. The van der Waals surface area contributed by atoms with E-state index in [4.69, 9.17) is 0 Å². The highest BCUT2D eigenvalue weighted by Gasteiger charge is 2.14. The molecule has 1 aromatic heterocycles. The lowest BCUT2D eigenvalue weighted by Gasteiger charge is -2.06. The van der Waals surface area contributed by atoms with E-state index >= 15 is 0 Å². The summed E-state index contributed by atoms with van der Waals surface area (Å²) in [5.74, 6) is 0.273. The van der Waals surface area contributed by atoms with E-state index in [0.717, 1.165) is 17.0 Å². The number of aromatic nitrogens is 1. The summed E-state index contributed by atoms with van der Waals surface area (Å²) in [4.78, 5) is 17.2. The SMILES string of the molecule is Cc1nc(-c2ccccc2F)sc1CC(=O)NCCC(C)C. The minimum atomic E-state index is -0.288. The highest BCUT2D eigenvalue weighted by atomic mass is 32.1. The zero-order chi connectivity index (χ0) is 16.1. The van der Waals surface area contributed by atoms with Gasteiger partial charge in [0, 0.05) is 17.0 Å². The Morgan fingerprint density at radius 1 is 1.36 bits per heavy atom. The topological polar surface area (TPSA) is 42.0 Å². The summed E-state index contributed by atoms with van der Waals surface area (Å²) >= 11 is 1.38. The van der Waals surface area contributed by atoms with Gasteiger partial charge in [0.15, 0.2) is 0 Å². The molecule has 3 nitrogen and oxygen atoms in total. The quantitative estimate of drug-likeness (QED) is 0.875. The molecule has 0 saturated heterocycles. The molecule has 0 unspecified atom stereocenters. The van der Waals surface area contributed by atoms with Gasteiger partial charge in [-0.3, -0.25) is 4.79 Å². The lowest BCUT2D eigenvalue weighted by Crippen LogP contribution is -2.26. The summed E-state index contributed by atoms with van der Waals surface area (Å²) in [7, 11) is 0. The number of thiazole rings is 1. The molecule has 118 valence electrons. The largest absolute Gasteiger partial charge is 0.356 e. The molecule has 5 heteroatoms. The number of nitrogens with zero attached hydrogens (tertiary/aromatic N) is 1. The maximum Gasteiger partial charge on any atom is 0.225 e. The second-order valence-corrected chi connectivity index (χ2v) is 6.80. The molecular weight excluding hydrogens is 299 g/mol. The molecular formula is C17H21FN2OS. The van der Waals surface area contributed by atoms with Crippen LogP contribution in [0.3, 0.4) is 0 Å². The molecule has 1 aromatic carbocycles. The normalized spacial score (nSPS) is 11.0. The molecule has 22 heavy (non-hydrogen) atoms. The Bertz CT molecular complexity index is 652. The summed E-state index contributed by atoms with van der Waals surface area (Å²) < 4.78 is 13.8. The minimum absolute atomic E-state index is 0.00696. The molecule has 0 saturated carbocycles. The fourth-order valence-corrected chi connectivity index (χ4v) is 3.14. The summed E-state index contributed by atoms with van der Waals surface area (Å²) in [5, 5.41) is 3.54. The van der Waals surface area contributed by atoms with Crippen molar-refractivity contribution in [3.8, 4) is 10.6 Å². The van der Waals surface area contributed by atoms with Crippen LogP contribution in [0.4, 0.5) is 4.39 Å². The molecule has 0 aliphatic rings. The first-order chi connectivity index (χ1) is 10.5. The van der Waals surface area contributed by atoms with Gasteiger partial charge in [-0.05, 0) is 31.4 Å². The third-order valence-corrected chi connectivity index (χ3v) is 4.55. The Labute approximate surface area is 134 Å². The van der Waals surface area contributed by atoms with E-state index < -0.39 is 0 Å². The highest BCUT2D eigenvalue weighted by molar-refractivity contribution is 7.15. The molecule has 0 aliphatic heterocycles. The van der Waals surface area contributed by atoms with E-state index in [9.17, 15) is 9.18 Å². The Hall–Kier alpha value is -1.75. The van der Waals surface area contributed by atoms with Crippen molar-refractivity contribution in [2.45, 2.75) is 33.6 Å². The van der Waals surface area contributed by atoms with Crippen molar-refractivity contribution in [2.24, 2.45) is 5.92 Å². The first-order valence-corrected chi connectivity index (χ1v) is 8.27. The maximum atomic E-state index is 13.8. The van der Waals surface area contributed by atoms with Gasteiger partial charge in [0.25, 0.3) is 0 Å². The molecule has 1 amide bonds. The number of halogens is 1. The van der Waals surface area contributed by atoms with E-state index in [1.165, 1.54) is 17.4 Å². The number of amides is 1. The van der Waals surface area contributed by atoms with Gasteiger partial charge in [0.2, 0.25) is 5.91 Å². The molecule has 1 N–H and O–H groups in total. The Kier molecular flexibility index (Phi) is 5.66. The average Bonchev–Trinajstić information content (AvgIpc) is 2.80. The van der Waals surface area contributed by atoms with Crippen LogP contribution < -0.4 is 5.32 Å². The molecule has 2 rings (SSSR count). The monoisotopic (exact) mass is 320 g/mol. The predicted octanol–water partition coefficient (Wildman–Crippen LogP) is 3.96. The molecule has 0 spiro atoms. The number of carbonyl (C=O) groups excluding carboxylic acids is 1. The van der Waals surface area contributed by atoms with Gasteiger partial charge in [0.05, 0.1) is 12.1 Å². The lowest BCUT2D eigenvalue weighted by molar-refractivity contribution is -0.120. The number of aryl methyl sites for hydroxylation is 1. The van der Waals surface area contributed by atoms with Crippen LogP contribution in [0, 0.1) is 18.7 Å². The number of rotatable bonds is 6. The lowest BCUT2D eigenvalue weighted by atomic mass is 10.1. The first kappa shape index (κ1) is 16.6. The van der Waals surface area contributed by atoms with Gasteiger partial charge in [-0.15, -0.1) is 11.3 Å². The van der Waals surface area contributed by atoms with E-state index in [1.807, 2.05) is 6.92 Å². The van der Waals surface area contributed by atoms with Crippen molar-refractivity contribution in [1.29, 1.82) is 0 Å². The second-order valence-electron chi connectivity index (χ2n) is 5.72. The van der Waals surface area contributed by atoms with Gasteiger partial charge in [-0.25, -0.2) is 9.37 Å². The number of carbonyl (C=O) groups is 1. The minimum Gasteiger partial charge on any atom is -0.356 e. The van der Waals surface area contributed by atoms with Gasteiger partial charge in [0.1, 0.15) is 10.8 Å². The summed E-state index contributed by atoms with van der Waals surface area (Å²) in [6, 6.07) is 6.57. The van der Waals surface area contributed by atoms with Crippen LogP contribution in [0.5, 0.6) is 0 Å². The van der Waals surface area contributed by atoms with Crippen LogP contribution in [0.1, 0.15) is 30.8 Å². The van der Waals surface area contributed by atoms with E-state index in [0.29, 0.717) is 29.5 Å². The molecule has 2 aromatic rings. The zero-order valence-corrected chi connectivity index (χ0v) is 14.0. The van der Waals surface area contributed by atoms with E-state index in [1.54, 1.807) is 18.2 Å². The summed E-state index contributed by atoms with van der Waals surface area (Å²) in [5.41, 5.74) is 1.28. The maximum absolute atomic E-state index is 13.8. The smallest absolute Gasteiger partial charge is 0.225 e. The fourth-order valence-electron chi connectivity index (χ4n) is 2.05. The van der Waals surface area contributed by atoms with Crippen molar-refractivity contribution in [3.05, 3.63) is 40.7 Å². The first-order valence-electron chi connectivity index (χ1n) is 7.45.